The second kappa shape index (κ2) is 6.41. The van der Waals surface area contributed by atoms with Gasteiger partial charge in [-0.2, -0.15) is 0 Å². The van der Waals surface area contributed by atoms with E-state index in [1.54, 1.807) is 30.8 Å². The van der Waals surface area contributed by atoms with Crippen LogP contribution in [0, 0.1) is 4.64 Å². The number of anilines is 1. The van der Waals surface area contributed by atoms with Crippen LogP contribution in [0.3, 0.4) is 0 Å². The predicted molar refractivity (Wildman–Crippen MR) is 114 cm³/mol. The number of nitrogens with two attached hydrogens (primary N) is 1. The van der Waals surface area contributed by atoms with Crippen molar-refractivity contribution in [2.75, 3.05) is 12.4 Å². The fourth-order valence-corrected chi connectivity index (χ4v) is 5.51. The number of hydrogen-bond acceptors (Lipinski definition) is 6. The molecule has 0 saturated carbocycles. The maximum Gasteiger partial charge on any atom is 0.238 e. The van der Waals surface area contributed by atoms with E-state index in [4.69, 9.17) is 22.1 Å². The van der Waals surface area contributed by atoms with Crippen molar-refractivity contribution in [1.29, 1.82) is 0 Å². The Morgan fingerprint density at radius 1 is 1.18 bits per heavy atom. The molecule has 9 heteroatoms. The van der Waals surface area contributed by atoms with Gasteiger partial charge >= 0.3 is 0 Å². The zero-order valence-corrected chi connectivity index (χ0v) is 18.0. The molecule has 146 valence electrons. The lowest BCUT2D eigenvalue weighted by Crippen LogP contribution is -2.30. The van der Waals surface area contributed by atoms with Crippen molar-refractivity contribution in [2.24, 2.45) is 5.14 Å². The lowest BCUT2D eigenvalue weighted by Gasteiger charge is -2.33. The highest BCUT2D eigenvalue weighted by Crippen LogP contribution is 2.48. The second-order valence-electron chi connectivity index (χ2n) is 7.10. The molecule has 0 saturated heterocycles. The Kier molecular flexibility index (Phi) is 4.38. The number of hydrogen-bond donors (Lipinski definition) is 2. The largest absolute Gasteiger partial charge is 0.497 e. The fraction of sp³-hybridized carbons (Fsp3) is 0.211. The van der Waals surface area contributed by atoms with Crippen molar-refractivity contribution in [1.82, 2.24) is 3.96 Å². The second-order valence-corrected chi connectivity index (χ2v) is 10.00. The summed E-state index contributed by atoms with van der Waals surface area (Å²) >= 11 is 7.36. The normalized spacial score (nSPS) is 14.7. The highest BCUT2D eigenvalue weighted by Gasteiger charge is 2.34. The highest BCUT2D eigenvalue weighted by atomic mass is 32.2. The number of benzene rings is 2. The molecule has 0 unspecified atom stereocenters. The van der Waals surface area contributed by atoms with Gasteiger partial charge in [0.15, 0.2) is 0 Å². The Labute approximate surface area is 172 Å². The van der Waals surface area contributed by atoms with Crippen molar-refractivity contribution in [3.8, 4) is 22.6 Å². The van der Waals surface area contributed by atoms with Gasteiger partial charge in [0.05, 0.1) is 28.1 Å². The maximum absolute atomic E-state index is 11.5. The van der Waals surface area contributed by atoms with E-state index in [2.05, 4.69) is 19.2 Å². The third kappa shape index (κ3) is 3.04. The van der Waals surface area contributed by atoms with E-state index in [1.165, 1.54) is 12.1 Å². The van der Waals surface area contributed by atoms with Crippen LogP contribution in [0.5, 0.6) is 5.75 Å². The van der Waals surface area contributed by atoms with Crippen LogP contribution in [-0.4, -0.2) is 19.5 Å². The van der Waals surface area contributed by atoms with Gasteiger partial charge in [-0.15, -0.1) is 0 Å². The maximum atomic E-state index is 11.5. The van der Waals surface area contributed by atoms with Gasteiger partial charge in [-0.25, -0.2) is 13.6 Å². The summed E-state index contributed by atoms with van der Waals surface area (Å²) in [6.07, 6.45) is 0. The number of primary sulfonamides is 1. The molecule has 0 aliphatic carbocycles. The molecule has 2 heterocycles. The average molecular weight is 434 g/mol. The van der Waals surface area contributed by atoms with Gasteiger partial charge in [0.1, 0.15) is 10.4 Å². The minimum atomic E-state index is -3.74. The molecule has 3 N–H and O–H groups in total. The van der Waals surface area contributed by atoms with Crippen molar-refractivity contribution < 1.29 is 13.2 Å². The van der Waals surface area contributed by atoms with Gasteiger partial charge in [-0.1, -0.05) is 23.8 Å². The summed E-state index contributed by atoms with van der Waals surface area (Å²) in [6, 6.07) is 12.3. The first-order chi connectivity index (χ1) is 13.1. The molecule has 3 aromatic rings. The molecule has 0 atom stereocenters. The highest BCUT2D eigenvalue weighted by molar-refractivity contribution is 7.89. The smallest absolute Gasteiger partial charge is 0.238 e. The minimum Gasteiger partial charge on any atom is -0.497 e. The van der Waals surface area contributed by atoms with Crippen molar-refractivity contribution >= 4 is 39.5 Å². The van der Waals surface area contributed by atoms with Gasteiger partial charge in [0.25, 0.3) is 0 Å². The Bertz CT molecular complexity index is 1240. The molecule has 4 rings (SSSR count). The summed E-state index contributed by atoms with van der Waals surface area (Å²) in [7, 11) is -2.10. The van der Waals surface area contributed by atoms with E-state index in [-0.39, 0.29) is 10.4 Å². The summed E-state index contributed by atoms with van der Waals surface area (Å²) in [6.45, 7) is 4.22. The molecule has 1 aliphatic rings. The Balaban J connectivity index is 1.93. The summed E-state index contributed by atoms with van der Waals surface area (Å²) in [5.41, 5.74) is 3.47. The number of ether oxygens (including phenoxy) is 1. The number of aromatic nitrogens is 1. The van der Waals surface area contributed by atoms with E-state index in [0.717, 1.165) is 33.1 Å². The van der Waals surface area contributed by atoms with Crippen LogP contribution in [0.15, 0.2) is 47.4 Å². The molecule has 28 heavy (non-hydrogen) atoms. The fourth-order valence-electron chi connectivity index (χ4n) is 3.34. The minimum absolute atomic E-state index is 0.0705. The number of sulfonamides is 1. The Hall–Kier alpha value is -2.20. The molecule has 0 amide bonds. The van der Waals surface area contributed by atoms with E-state index in [1.807, 2.05) is 22.2 Å². The van der Waals surface area contributed by atoms with Crippen LogP contribution in [0.1, 0.15) is 18.7 Å². The summed E-state index contributed by atoms with van der Waals surface area (Å²) < 4.78 is 31.0. The molecule has 0 spiro atoms. The molecule has 2 aromatic carbocycles. The van der Waals surface area contributed by atoms with Crippen LogP contribution in [0.25, 0.3) is 16.8 Å². The number of rotatable bonds is 3. The number of methoxy groups -OCH3 is 1. The summed E-state index contributed by atoms with van der Waals surface area (Å²) in [5, 5.41) is 8.76. The van der Waals surface area contributed by atoms with Crippen LogP contribution >= 0.6 is 23.8 Å². The molecule has 1 aliphatic heterocycles. The summed E-state index contributed by atoms with van der Waals surface area (Å²) in [5.74, 6) is 0.760. The average Bonchev–Trinajstić information content (AvgIpc) is 2.99. The third-order valence-corrected chi connectivity index (χ3v) is 7.62. The van der Waals surface area contributed by atoms with E-state index in [0.29, 0.717) is 4.64 Å². The molecule has 1 aromatic heterocycles. The van der Waals surface area contributed by atoms with E-state index in [9.17, 15) is 8.42 Å². The first-order valence-corrected chi connectivity index (χ1v) is 11.2. The zero-order chi connectivity index (χ0) is 20.3. The molecular formula is C19H19N3O3S3. The molecule has 0 bridgehead atoms. The first kappa shape index (κ1) is 19.1. The number of fused-ring (bicyclic) bond motifs is 3. The standard InChI is InChI=1S/C19H19N3O3S3/c1-19(2)17-16(14-10-12(25-3)6-9-15(14)21-19)18(26)22(27-17)11-4-7-13(8-5-11)28(20,23)24/h4-10,21H,1-3H3,(H2,20,23,24). The number of nitrogens with zero attached hydrogens (tertiary/aromatic N) is 1. The van der Waals surface area contributed by atoms with Gasteiger partial charge in [0, 0.05) is 16.8 Å². The molecular weight excluding hydrogens is 414 g/mol. The lowest BCUT2D eigenvalue weighted by molar-refractivity contribution is 0.415. The van der Waals surface area contributed by atoms with Crippen molar-refractivity contribution in [2.45, 2.75) is 24.3 Å². The van der Waals surface area contributed by atoms with Crippen molar-refractivity contribution in [3.05, 3.63) is 52.0 Å². The van der Waals surface area contributed by atoms with Gasteiger partial charge in [-0.05, 0) is 56.3 Å². The number of nitrogens with one attached hydrogen (secondary N) is 1. The van der Waals surface area contributed by atoms with Gasteiger partial charge < -0.3 is 10.1 Å². The molecule has 6 nitrogen and oxygen atoms in total. The predicted octanol–water partition coefficient (Wildman–Crippen LogP) is 4.25. The van der Waals surface area contributed by atoms with Crippen LogP contribution in [0.4, 0.5) is 5.69 Å². The SMILES string of the molecule is COc1ccc2c(c1)-c1c(sn(-c3ccc(S(N)(=O)=O)cc3)c1=S)C(C)(C)N2. The molecule has 0 fully saturated rings. The zero-order valence-electron chi connectivity index (χ0n) is 15.5. The van der Waals surface area contributed by atoms with Crippen LogP contribution in [0.2, 0.25) is 0 Å². The Morgan fingerprint density at radius 3 is 2.46 bits per heavy atom. The third-order valence-electron chi connectivity index (χ3n) is 4.72. The van der Waals surface area contributed by atoms with E-state index >= 15 is 0 Å². The first-order valence-electron chi connectivity index (χ1n) is 8.48. The summed E-state index contributed by atoms with van der Waals surface area (Å²) in [4.78, 5) is 1.18. The quantitative estimate of drug-likeness (QED) is 0.603. The van der Waals surface area contributed by atoms with Crippen LogP contribution < -0.4 is 15.2 Å². The topological polar surface area (TPSA) is 86.3 Å². The lowest BCUT2D eigenvalue weighted by atomic mass is 9.90. The Morgan fingerprint density at radius 2 is 1.86 bits per heavy atom. The van der Waals surface area contributed by atoms with Crippen molar-refractivity contribution in [3.63, 3.8) is 0 Å². The van der Waals surface area contributed by atoms with Gasteiger partial charge in [0.2, 0.25) is 10.0 Å². The van der Waals surface area contributed by atoms with Crippen LogP contribution in [-0.2, 0) is 15.6 Å². The molecule has 0 radical (unpaired) electrons. The van der Waals surface area contributed by atoms with Gasteiger partial charge in [-0.3, -0.25) is 3.96 Å². The van der Waals surface area contributed by atoms with E-state index < -0.39 is 10.0 Å². The monoisotopic (exact) mass is 433 g/mol.